The van der Waals surface area contributed by atoms with Crippen LogP contribution in [-0.2, 0) is 13.1 Å². The second-order valence-electron chi connectivity index (χ2n) is 9.46. The molecule has 0 aliphatic rings. The monoisotopic (exact) mass is 449 g/mol. The predicted molar refractivity (Wildman–Crippen MR) is 133 cm³/mol. The number of phenols is 2. The lowest BCUT2D eigenvalue weighted by Gasteiger charge is -2.18. The number of carbonyl (C=O) groups excluding carboxylic acids is 1. The molecular weight excluding hydrogens is 414 g/mol. The fourth-order valence-corrected chi connectivity index (χ4v) is 3.97. The third kappa shape index (κ3) is 5.76. The molecule has 2 aromatic carbocycles. The number of aromatic nitrogens is 1. The molecule has 1 aromatic heterocycles. The van der Waals surface area contributed by atoms with Crippen LogP contribution in [0, 0.1) is 0 Å². The molecule has 3 rings (SSSR count). The maximum Gasteiger partial charge on any atom is 0.268 e. The molecule has 3 N–H and O–H groups in total. The van der Waals surface area contributed by atoms with Crippen LogP contribution in [0.25, 0.3) is 11.3 Å². The van der Waals surface area contributed by atoms with Crippen LogP contribution in [-0.4, -0.2) is 45.7 Å². The Morgan fingerprint density at radius 1 is 0.939 bits per heavy atom. The topological polar surface area (TPSA) is 77.7 Å². The van der Waals surface area contributed by atoms with Crippen LogP contribution in [0.4, 0.5) is 0 Å². The van der Waals surface area contributed by atoms with E-state index in [0.29, 0.717) is 17.8 Å². The zero-order chi connectivity index (χ0) is 24.3. The molecule has 0 spiro atoms. The molecule has 0 unspecified atom stereocenters. The van der Waals surface area contributed by atoms with Crippen LogP contribution in [0.1, 0.15) is 60.8 Å². The highest BCUT2D eigenvalue weighted by Crippen LogP contribution is 2.38. The van der Waals surface area contributed by atoms with Crippen LogP contribution in [0.15, 0.2) is 48.5 Å². The SMILES string of the molecule is CC(C)NC(=O)c1ccc(-c2cc(C(C)C)c(O)cc2O)n1Cc1ccc(CN(C)C)cc1. The minimum absolute atomic E-state index is 0.00392. The van der Waals surface area contributed by atoms with Gasteiger partial charge in [-0.1, -0.05) is 38.1 Å². The highest BCUT2D eigenvalue weighted by Gasteiger charge is 2.21. The summed E-state index contributed by atoms with van der Waals surface area (Å²) >= 11 is 0. The highest BCUT2D eigenvalue weighted by atomic mass is 16.3. The maximum atomic E-state index is 13.0. The minimum atomic E-state index is -0.164. The summed E-state index contributed by atoms with van der Waals surface area (Å²) in [6.45, 7) is 9.17. The van der Waals surface area contributed by atoms with Crippen LogP contribution in [0.3, 0.4) is 0 Å². The standard InChI is InChI=1S/C27H35N3O3/c1-17(2)21-13-22(26(32)14-25(21)31)23-11-12-24(27(33)28-18(3)4)30(23)16-20-9-7-19(8-10-20)15-29(5)6/h7-14,17-18,31-32H,15-16H2,1-6H3,(H,28,33). The van der Waals surface area contributed by atoms with Crippen LogP contribution in [0.2, 0.25) is 0 Å². The minimum Gasteiger partial charge on any atom is -0.508 e. The lowest BCUT2D eigenvalue weighted by Crippen LogP contribution is -2.32. The zero-order valence-corrected chi connectivity index (χ0v) is 20.4. The lowest BCUT2D eigenvalue weighted by molar-refractivity contribution is 0.0934. The number of nitrogens with zero attached hydrogens (tertiary/aromatic N) is 2. The fourth-order valence-electron chi connectivity index (χ4n) is 3.97. The first-order valence-corrected chi connectivity index (χ1v) is 11.4. The molecule has 0 aliphatic heterocycles. The molecule has 0 saturated heterocycles. The van der Waals surface area contributed by atoms with Crippen molar-refractivity contribution in [1.29, 1.82) is 0 Å². The average Bonchev–Trinajstić information content (AvgIpc) is 3.11. The van der Waals surface area contributed by atoms with Gasteiger partial charge in [0.2, 0.25) is 0 Å². The summed E-state index contributed by atoms with van der Waals surface area (Å²) in [6, 6.07) is 15.2. The Morgan fingerprint density at radius 2 is 1.58 bits per heavy atom. The summed E-state index contributed by atoms with van der Waals surface area (Å²) in [5.74, 6) is -0.0319. The fraction of sp³-hybridized carbons (Fsp3) is 0.370. The van der Waals surface area contributed by atoms with E-state index in [1.54, 1.807) is 6.07 Å². The zero-order valence-electron chi connectivity index (χ0n) is 20.4. The van der Waals surface area contributed by atoms with E-state index in [4.69, 9.17) is 0 Å². The summed E-state index contributed by atoms with van der Waals surface area (Å²) < 4.78 is 1.93. The third-order valence-corrected chi connectivity index (χ3v) is 5.54. The summed E-state index contributed by atoms with van der Waals surface area (Å²) in [7, 11) is 4.07. The Balaban J connectivity index is 2.08. The first kappa shape index (κ1) is 24.4. The molecule has 3 aromatic rings. The average molecular weight is 450 g/mol. The van der Waals surface area contributed by atoms with Gasteiger partial charge in [-0.05, 0) is 68.8 Å². The normalized spacial score (nSPS) is 11.5. The quantitative estimate of drug-likeness (QED) is 0.455. The van der Waals surface area contributed by atoms with Crippen molar-refractivity contribution in [1.82, 2.24) is 14.8 Å². The molecule has 0 saturated carbocycles. The van der Waals surface area contributed by atoms with E-state index in [9.17, 15) is 15.0 Å². The van der Waals surface area contributed by atoms with Crippen molar-refractivity contribution in [3.05, 3.63) is 70.9 Å². The second kappa shape index (κ2) is 10.1. The number of amides is 1. The van der Waals surface area contributed by atoms with E-state index >= 15 is 0 Å². The highest BCUT2D eigenvalue weighted by molar-refractivity contribution is 5.94. The Morgan fingerprint density at radius 3 is 2.15 bits per heavy atom. The number of carbonyl (C=O) groups is 1. The molecule has 33 heavy (non-hydrogen) atoms. The van der Waals surface area contributed by atoms with Crippen molar-refractivity contribution in [2.24, 2.45) is 0 Å². The first-order valence-electron chi connectivity index (χ1n) is 11.4. The molecule has 6 heteroatoms. The van der Waals surface area contributed by atoms with Gasteiger partial charge in [-0.25, -0.2) is 0 Å². The molecule has 0 bridgehead atoms. The maximum absolute atomic E-state index is 13.0. The Bertz CT molecular complexity index is 1110. The van der Waals surface area contributed by atoms with Crippen LogP contribution < -0.4 is 5.32 Å². The number of phenolic OH excluding ortho intramolecular Hbond substituents is 2. The number of rotatable bonds is 8. The Hall–Kier alpha value is -3.25. The molecule has 0 aliphatic carbocycles. The number of nitrogens with one attached hydrogen (secondary N) is 1. The molecule has 6 nitrogen and oxygen atoms in total. The second-order valence-corrected chi connectivity index (χ2v) is 9.46. The third-order valence-electron chi connectivity index (χ3n) is 5.54. The van der Waals surface area contributed by atoms with E-state index in [-0.39, 0.29) is 29.4 Å². The van der Waals surface area contributed by atoms with Crippen molar-refractivity contribution >= 4 is 5.91 Å². The molecule has 1 amide bonds. The van der Waals surface area contributed by atoms with Gasteiger partial charge in [0, 0.05) is 30.8 Å². The molecular formula is C27H35N3O3. The van der Waals surface area contributed by atoms with Crippen molar-refractivity contribution in [2.75, 3.05) is 14.1 Å². The van der Waals surface area contributed by atoms with Gasteiger partial charge in [0.25, 0.3) is 5.91 Å². The summed E-state index contributed by atoms with van der Waals surface area (Å²) in [6.07, 6.45) is 0. The van der Waals surface area contributed by atoms with E-state index in [0.717, 1.165) is 23.4 Å². The smallest absolute Gasteiger partial charge is 0.268 e. The van der Waals surface area contributed by atoms with Crippen molar-refractivity contribution in [2.45, 2.75) is 52.7 Å². The predicted octanol–water partition coefficient (Wildman–Crippen LogP) is 4.94. The van der Waals surface area contributed by atoms with Crippen molar-refractivity contribution in [3.8, 4) is 22.8 Å². The van der Waals surface area contributed by atoms with Crippen molar-refractivity contribution < 1.29 is 15.0 Å². The molecule has 0 atom stereocenters. The first-order chi connectivity index (χ1) is 15.6. The summed E-state index contributed by atoms with van der Waals surface area (Å²) in [5.41, 5.74) is 4.85. The van der Waals surface area contributed by atoms with Gasteiger partial charge in [0.05, 0.1) is 5.69 Å². The van der Waals surface area contributed by atoms with Gasteiger partial charge in [-0.3, -0.25) is 4.79 Å². The number of aromatic hydroxyl groups is 2. The summed E-state index contributed by atoms with van der Waals surface area (Å²) in [4.78, 5) is 15.1. The number of hydrogen-bond acceptors (Lipinski definition) is 4. The van der Waals surface area contributed by atoms with Gasteiger partial charge in [-0.2, -0.15) is 0 Å². The summed E-state index contributed by atoms with van der Waals surface area (Å²) in [5, 5.41) is 23.9. The van der Waals surface area contributed by atoms with Crippen molar-refractivity contribution in [3.63, 3.8) is 0 Å². The van der Waals surface area contributed by atoms with Gasteiger partial charge in [0.15, 0.2) is 0 Å². The van der Waals surface area contributed by atoms with E-state index < -0.39 is 0 Å². The van der Waals surface area contributed by atoms with E-state index in [1.165, 1.54) is 11.6 Å². The number of hydrogen-bond donors (Lipinski definition) is 3. The van der Waals surface area contributed by atoms with E-state index in [2.05, 4.69) is 34.5 Å². The van der Waals surface area contributed by atoms with Gasteiger partial charge in [0.1, 0.15) is 17.2 Å². The molecule has 0 fully saturated rings. The van der Waals surface area contributed by atoms with E-state index in [1.807, 2.05) is 58.5 Å². The van der Waals surface area contributed by atoms with Gasteiger partial charge < -0.3 is 25.0 Å². The molecule has 1 heterocycles. The Labute approximate surface area is 196 Å². The van der Waals surface area contributed by atoms with Gasteiger partial charge in [-0.15, -0.1) is 0 Å². The molecule has 0 radical (unpaired) electrons. The number of benzene rings is 2. The molecule has 176 valence electrons. The van der Waals surface area contributed by atoms with Crippen LogP contribution in [0.5, 0.6) is 11.5 Å². The Kier molecular flexibility index (Phi) is 7.49. The van der Waals surface area contributed by atoms with Crippen LogP contribution >= 0.6 is 0 Å². The van der Waals surface area contributed by atoms with Gasteiger partial charge >= 0.3 is 0 Å². The lowest BCUT2D eigenvalue weighted by atomic mass is 9.97. The largest absolute Gasteiger partial charge is 0.508 e.